The Bertz CT molecular complexity index is 713. The predicted octanol–water partition coefficient (Wildman–Crippen LogP) is 1.50. The third kappa shape index (κ3) is 2.40. The summed E-state index contributed by atoms with van der Waals surface area (Å²) < 4.78 is 3.75. The van der Waals surface area contributed by atoms with Crippen molar-refractivity contribution in [1.82, 2.24) is 14.5 Å². The zero-order valence-electron chi connectivity index (χ0n) is 11.3. The number of carboxylic acids is 1. The van der Waals surface area contributed by atoms with Gasteiger partial charge in [-0.15, -0.1) is 5.10 Å². The van der Waals surface area contributed by atoms with Gasteiger partial charge in [0.1, 0.15) is 10.9 Å². The molecule has 0 bridgehead atoms. The quantitative estimate of drug-likeness (QED) is 0.909. The first kappa shape index (κ1) is 13.7. The van der Waals surface area contributed by atoms with Crippen LogP contribution in [0.5, 0.6) is 0 Å². The highest BCUT2D eigenvalue weighted by Crippen LogP contribution is 2.26. The lowest BCUT2D eigenvalue weighted by Crippen LogP contribution is -2.48. The molecule has 0 saturated heterocycles. The van der Waals surface area contributed by atoms with E-state index in [4.69, 9.17) is 0 Å². The van der Waals surface area contributed by atoms with Crippen molar-refractivity contribution in [2.75, 3.05) is 0 Å². The molecule has 3 rings (SSSR count). The van der Waals surface area contributed by atoms with E-state index >= 15 is 0 Å². The van der Waals surface area contributed by atoms with Crippen LogP contribution in [0, 0.1) is 6.92 Å². The molecule has 21 heavy (non-hydrogen) atoms. The summed E-state index contributed by atoms with van der Waals surface area (Å²) in [4.78, 5) is 25.9. The van der Waals surface area contributed by atoms with Crippen LogP contribution in [-0.4, -0.2) is 37.5 Å². The van der Waals surface area contributed by atoms with Gasteiger partial charge in [-0.05, 0) is 29.6 Å². The van der Waals surface area contributed by atoms with Crippen LogP contribution in [0.1, 0.15) is 26.5 Å². The van der Waals surface area contributed by atoms with Gasteiger partial charge in [-0.25, -0.2) is 4.79 Å². The fraction of sp³-hybridized carbons (Fsp3) is 0.286. The molecule has 0 spiro atoms. The van der Waals surface area contributed by atoms with Crippen LogP contribution in [0.3, 0.4) is 0 Å². The van der Waals surface area contributed by atoms with Crippen molar-refractivity contribution in [3.63, 3.8) is 0 Å². The van der Waals surface area contributed by atoms with Crippen LogP contribution in [0.15, 0.2) is 24.3 Å². The Kier molecular flexibility index (Phi) is 3.42. The molecule has 1 aromatic carbocycles. The second-order valence-corrected chi connectivity index (χ2v) is 5.70. The first-order valence-corrected chi connectivity index (χ1v) is 7.24. The summed E-state index contributed by atoms with van der Waals surface area (Å²) in [6, 6.07) is 6.75. The topological polar surface area (TPSA) is 83.4 Å². The summed E-state index contributed by atoms with van der Waals surface area (Å²) in [6.07, 6.45) is 0.322. The summed E-state index contributed by atoms with van der Waals surface area (Å²) >= 11 is 1.00. The van der Waals surface area contributed by atoms with Gasteiger partial charge in [0.25, 0.3) is 5.91 Å². The summed E-state index contributed by atoms with van der Waals surface area (Å²) in [5, 5.41) is 13.2. The van der Waals surface area contributed by atoms with E-state index in [1.807, 2.05) is 24.3 Å². The Balaban J connectivity index is 1.98. The largest absolute Gasteiger partial charge is 0.480 e. The number of nitrogens with zero attached hydrogens (tertiary/aromatic N) is 3. The van der Waals surface area contributed by atoms with Gasteiger partial charge in [0.05, 0.1) is 5.69 Å². The van der Waals surface area contributed by atoms with Crippen LogP contribution in [0.25, 0.3) is 0 Å². The lowest BCUT2D eigenvalue weighted by Gasteiger charge is -2.34. The van der Waals surface area contributed by atoms with E-state index in [0.29, 0.717) is 23.5 Å². The predicted molar refractivity (Wildman–Crippen MR) is 76.1 cm³/mol. The molecule has 1 aliphatic rings. The van der Waals surface area contributed by atoms with Crippen molar-refractivity contribution in [3.8, 4) is 0 Å². The summed E-state index contributed by atoms with van der Waals surface area (Å²) in [5.74, 6) is -1.31. The van der Waals surface area contributed by atoms with E-state index in [2.05, 4.69) is 9.59 Å². The van der Waals surface area contributed by atoms with E-state index in [9.17, 15) is 14.7 Å². The van der Waals surface area contributed by atoms with Gasteiger partial charge in [-0.1, -0.05) is 28.8 Å². The number of carbonyl (C=O) groups is 2. The number of carbonyl (C=O) groups excluding carboxylic acids is 1. The first-order chi connectivity index (χ1) is 10.1. The SMILES string of the molecule is Cc1nnsc1C(=O)N1Cc2ccccc2C[C@H]1C(=O)O. The number of hydrogen-bond donors (Lipinski definition) is 1. The summed E-state index contributed by atoms with van der Waals surface area (Å²) in [5.41, 5.74) is 2.50. The maximum absolute atomic E-state index is 12.6. The standard InChI is InChI=1S/C14H13N3O3S/c1-8-12(21-16-15-8)13(18)17-7-10-5-3-2-4-9(10)6-11(17)14(19)20/h2-5,11H,6-7H2,1H3,(H,19,20)/t11-/m0/s1. The number of hydrogen-bond acceptors (Lipinski definition) is 5. The minimum atomic E-state index is -0.993. The zero-order valence-corrected chi connectivity index (χ0v) is 12.1. The minimum absolute atomic E-state index is 0.295. The van der Waals surface area contributed by atoms with Gasteiger partial charge >= 0.3 is 5.97 Å². The van der Waals surface area contributed by atoms with E-state index in [-0.39, 0.29) is 5.91 Å². The maximum atomic E-state index is 12.6. The first-order valence-electron chi connectivity index (χ1n) is 6.47. The van der Waals surface area contributed by atoms with Crippen LogP contribution in [-0.2, 0) is 17.8 Å². The van der Waals surface area contributed by atoms with Crippen molar-refractivity contribution in [2.45, 2.75) is 25.9 Å². The lowest BCUT2D eigenvalue weighted by molar-refractivity contribution is -0.142. The normalized spacial score (nSPS) is 17.4. The molecule has 0 aliphatic carbocycles. The molecule has 1 atom stereocenters. The summed E-state index contributed by atoms with van der Waals surface area (Å²) in [7, 11) is 0. The van der Waals surface area contributed by atoms with Crippen LogP contribution in [0.4, 0.5) is 0 Å². The van der Waals surface area contributed by atoms with Crippen molar-refractivity contribution >= 4 is 23.4 Å². The molecule has 2 heterocycles. The van der Waals surface area contributed by atoms with Gasteiger partial charge in [0.2, 0.25) is 0 Å². The molecule has 1 aliphatic heterocycles. The number of benzene rings is 1. The van der Waals surface area contributed by atoms with Crippen LogP contribution < -0.4 is 0 Å². The van der Waals surface area contributed by atoms with Gasteiger partial charge in [-0.2, -0.15) is 0 Å². The molecule has 1 amide bonds. The Labute approximate surface area is 125 Å². The smallest absolute Gasteiger partial charge is 0.326 e. The van der Waals surface area contributed by atoms with Gasteiger partial charge in [0, 0.05) is 13.0 Å². The maximum Gasteiger partial charge on any atom is 0.326 e. The molecule has 0 fully saturated rings. The number of carboxylic acid groups (broad SMARTS) is 1. The Hall–Kier alpha value is -2.28. The Morgan fingerprint density at radius 3 is 2.67 bits per heavy atom. The van der Waals surface area contributed by atoms with Gasteiger partial charge in [-0.3, -0.25) is 4.79 Å². The average Bonchev–Trinajstić information content (AvgIpc) is 2.91. The van der Waals surface area contributed by atoms with Gasteiger partial charge < -0.3 is 10.0 Å². The summed E-state index contributed by atoms with van der Waals surface area (Å²) in [6.45, 7) is 1.99. The fourth-order valence-corrected chi connectivity index (χ4v) is 3.13. The lowest BCUT2D eigenvalue weighted by atomic mass is 9.94. The zero-order chi connectivity index (χ0) is 15.0. The second-order valence-electron chi connectivity index (χ2n) is 4.95. The van der Waals surface area contributed by atoms with Crippen molar-refractivity contribution in [3.05, 3.63) is 46.0 Å². The second kappa shape index (κ2) is 5.25. The molecule has 1 N–H and O–H groups in total. The number of amides is 1. The molecular weight excluding hydrogens is 290 g/mol. The Morgan fingerprint density at radius 1 is 1.33 bits per heavy atom. The van der Waals surface area contributed by atoms with E-state index in [1.165, 1.54) is 4.90 Å². The molecular formula is C14H13N3O3S. The van der Waals surface area contributed by atoms with E-state index in [1.54, 1.807) is 6.92 Å². The third-order valence-electron chi connectivity index (χ3n) is 3.64. The van der Waals surface area contributed by atoms with Gasteiger partial charge in [0.15, 0.2) is 0 Å². The number of rotatable bonds is 2. The molecule has 1 aromatic heterocycles. The molecule has 0 saturated carbocycles. The van der Waals surface area contributed by atoms with Crippen LogP contribution >= 0.6 is 11.5 Å². The number of aryl methyl sites for hydroxylation is 1. The Morgan fingerprint density at radius 2 is 2.05 bits per heavy atom. The van der Waals surface area contributed by atoms with Crippen molar-refractivity contribution in [2.24, 2.45) is 0 Å². The molecule has 2 aromatic rings. The highest BCUT2D eigenvalue weighted by atomic mass is 32.1. The molecule has 7 heteroatoms. The number of fused-ring (bicyclic) bond motifs is 1. The fourth-order valence-electron chi connectivity index (χ4n) is 2.52. The van der Waals surface area contributed by atoms with Crippen molar-refractivity contribution in [1.29, 1.82) is 0 Å². The molecule has 0 radical (unpaired) electrons. The molecule has 0 unspecified atom stereocenters. The molecule has 6 nitrogen and oxygen atoms in total. The van der Waals surface area contributed by atoms with E-state index in [0.717, 1.165) is 22.7 Å². The third-order valence-corrected chi connectivity index (χ3v) is 4.46. The average molecular weight is 303 g/mol. The highest BCUT2D eigenvalue weighted by molar-refractivity contribution is 7.07. The number of aromatic nitrogens is 2. The van der Waals surface area contributed by atoms with Crippen molar-refractivity contribution < 1.29 is 14.7 Å². The highest BCUT2D eigenvalue weighted by Gasteiger charge is 2.36. The van der Waals surface area contributed by atoms with E-state index < -0.39 is 12.0 Å². The minimum Gasteiger partial charge on any atom is -0.480 e. The number of aliphatic carboxylic acids is 1. The van der Waals surface area contributed by atoms with Crippen LogP contribution in [0.2, 0.25) is 0 Å². The monoisotopic (exact) mass is 303 g/mol. The molecule has 108 valence electrons.